The maximum Gasteiger partial charge on any atom is 0.256 e. The number of hydrogen-bond donors (Lipinski definition) is 1. The molecule has 3 aromatic rings. The zero-order valence-electron chi connectivity index (χ0n) is 20.8. The molecule has 3 aromatic carbocycles. The van der Waals surface area contributed by atoms with Crippen LogP contribution < -0.4 is 5.32 Å². The Morgan fingerprint density at radius 2 is 1.69 bits per heavy atom. The van der Waals surface area contributed by atoms with E-state index < -0.39 is 0 Å². The van der Waals surface area contributed by atoms with Gasteiger partial charge in [-0.05, 0) is 71.2 Å². The third-order valence-electron chi connectivity index (χ3n) is 6.47. The third kappa shape index (κ3) is 6.73. The lowest BCUT2D eigenvalue weighted by Gasteiger charge is -2.27. The van der Waals surface area contributed by atoms with Crippen molar-refractivity contribution in [2.45, 2.75) is 52.0 Å². The molecule has 1 amide bonds. The summed E-state index contributed by atoms with van der Waals surface area (Å²) in [6, 6.07) is 16.8. The molecule has 0 saturated heterocycles. The van der Waals surface area contributed by atoms with E-state index in [0.717, 1.165) is 41.8 Å². The minimum Gasteiger partial charge on any atom is -0.384 e. The van der Waals surface area contributed by atoms with E-state index in [0.29, 0.717) is 35.1 Å². The normalized spacial score (nSPS) is 12.8. The SMILES string of the molecule is CC(C)(C)c1ccc(CN(CCc2ccc(Cl)c(Cl)c2)C(=O)c2cc(F)cc3c2NCCC3)cc1.Cl. The summed E-state index contributed by atoms with van der Waals surface area (Å²) in [5.41, 5.74) is 5.30. The number of nitrogens with one attached hydrogen (secondary N) is 1. The second-order valence-electron chi connectivity index (χ2n) is 10.2. The number of rotatable bonds is 6. The van der Waals surface area contributed by atoms with E-state index in [9.17, 15) is 9.18 Å². The number of hydrogen-bond acceptors (Lipinski definition) is 2. The second-order valence-corrected chi connectivity index (χ2v) is 11.0. The van der Waals surface area contributed by atoms with Crippen molar-refractivity contribution in [3.8, 4) is 0 Å². The van der Waals surface area contributed by atoms with Gasteiger partial charge in [-0.25, -0.2) is 4.39 Å². The first-order chi connectivity index (χ1) is 16.6. The summed E-state index contributed by atoms with van der Waals surface area (Å²) >= 11 is 12.3. The van der Waals surface area contributed by atoms with Crippen molar-refractivity contribution in [3.63, 3.8) is 0 Å². The van der Waals surface area contributed by atoms with Crippen molar-refractivity contribution in [2.24, 2.45) is 0 Å². The van der Waals surface area contributed by atoms with Crippen LogP contribution in [0.4, 0.5) is 10.1 Å². The van der Waals surface area contributed by atoms with Crippen LogP contribution in [-0.4, -0.2) is 23.9 Å². The molecule has 0 saturated carbocycles. The Balaban J connectivity index is 0.00000361. The summed E-state index contributed by atoms with van der Waals surface area (Å²) in [6.45, 7) is 8.19. The highest BCUT2D eigenvalue weighted by Gasteiger charge is 2.24. The molecule has 7 heteroatoms. The summed E-state index contributed by atoms with van der Waals surface area (Å²) in [6.07, 6.45) is 2.29. The first-order valence-corrected chi connectivity index (χ1v) is 12.8. The molecule has 1 aliphatic heterocycles. The predicted molar refractivity (Wildman–Crippen MR) is 151 cm³/mol. The Hall–Kier alpha value is -2.27. The molecule has 192 valence electrons. The molecule has 0 bridgehead atoms. The van der Waals surface area contributed by atoms with Crippen LogP contribution >= 0.6 is 35.6 Å². The molecule has 0 radical (unpaired) electrons. The van der Waals surface area contributed by atoms with Gasteiger partial charge in [-0.2, -0.15) is 0 Å². The number of carbonyl (C=O) groups excluding carboxylic acids is 1. The topological polar surface area (TPSA) is 32.3 Å². The van der Waals surface area contributed by atoms with Crippen LogP contribution in [0.25, 0.3) is 0 Å². The minimum absolute atomic E-state index is 0. The Morgan fingerprint density at radius 1 is 1.00 bits per heavy atom. The maximum absolute atomic E-state index is 14.5. The van der Waals surface area contributed by atoms with Gasteiger partial charge in [0, 0.05) is 19.6 Å². The number of aryl methyl sites for hydroxylation is 1. The molecule has 3 nitrogen and oxygen atoms in total. The Bertz CT molecular complexity index is 1220. The highest BCUT2D eigenvalue weighted by molar-refractivity contribution is 6.42. The summed E-state index contributed by atoms with van der Waals surface area (Å²) in [7, 11) is 0. The van der Waals surface area contributed by atoms with Crippen molar-refractivity contribution >= 4 is 47.2 Å². The van der Waals surface area contributed by atoms with Gasteiger partial charge >= 0.3 is 0 Å². The molecule has 0 unspecified atom stereocenters. The van der Waals surface area contributed by atoms with Gasteiger partial charge < -0.3 is 10.2 Å². The number of benzene rings is 3. The van der Waals surface area contributed by atoms with Crippen LogP contribution in [-0.2, 0) is 24.8 Å². The Kier molecular flexibility index (Phi) is 9.32. The number of halogens is 4. The lowest BCUT2D eigenvalue weighted by Crippen LogP contribution is -2.33. The van der Waals surface area contributed by atoms with E-state index in [1.807, 2.05) is 12.1 Å². The van der Waals surface area contributed by atoms with E-state index in [2.05, 4.69) is 50.4 Å². The van der Waals surface area contributed by atoms with Gasteiger partial charge in [0.2, 0.25) is 0 Å². The third-order valence-corrected chi connectivity index (χ3v) is 7.21. The quantitative estimate of drug-likeness (QED) is 0.337. The van der Waals surface area contributed by atoms with Gasteiger partial charge in [-0.15, -0.1) is 12.4 Å². The molecule has 0 spiro atoms. The first kappa shape index (κ1) is 28.3. The first-order valence-electron chi connectivity index (χ1n) is 12.0. The average Bonchev–Trinajstić information content (AvgIpc) is 2.82. The number of nitrogens with zero attached hydrogens (tertiary/aromatic N) is 1. The highest BCUT2D eigenvalue weighted by Crippen LogP contribution is 2.30. The highest BCUT2D eigenvalue weighted by atomic mass is 35.5. The summed E-state index contributed by atoms with van der Waals surface area (Å²) < 4.78 is 14.5. The maximum atomic E-state index is 14.5. The number of amides is 1. The molecule has 4 rings (SSSR count). The second kappa shape index (κ2) is 11.9. The molecule has 1 heterocycles. The minimum atomic E-state index is -0.380. The van der Waals surface area contributed by atoms with E-state index >= 15 is 0 Å². The molecule has 0 aliphatic carbocycles. The van der Waals surface area contributed by atoms with Crippen LogP contribution in [0.5, 0.6) is 0 Å². The van der Waals surface area contributed by atoms with Gasteiger partial charge in [0.25, 0.3) is 5.91 Å². The molecule has 1 aliphatic rings. The van der Waals surface area contributed by atoms with Gasteiger partial charge in [-0.1, -0.05) is 74.3 Å². The van der Waals surface area contributed by atoms with Gasteiger partial charge in [0.1, 0.15) is 5.82 Å². The van der Waals surface area contributed by atoms with Crippen LogP contribution in [0.15, 0.2) is 54.6 Å². The van der Waals surface area contributed by atoms with E-state index in [1.165, 1.54) is 17.7 Å². The van der Waals surface area contributed by atoms with Crippen molar-refractivity contribution in [2.75, 3.05) is 18.4 Å². The van der Waals surface area contributed by atoms with Crippen LogP contribution in [0, 0.1) is 5.82 Å². The summed E-state index contributed by atoms with van der Waals surface area (Å²) in [5.74, 6) is -0.565. The van der Waals surface area contributed by atoms with Crippen molar-refractivity contribution in [3.05, 3.63) is 98.3 Å². The van der Waals surface area contributed by atoms with Gasteiger partial charge in [0.05, 0.1) is 21.3 Å². The van der Waals surface area contributed by atoms with Crippen molar-refractivity contribution in [1.29, 1.82) is 0 Å². The van der Waals surface area contributed by atoms with Crippen LogP contribution in [0.3, 0.4) is 0 Å². The number of fused-ring (bicyclic) bond motifs is 1. The largest absolute Gasteiger partial charge is 0.384 e. The standard InChI is InChI=1S/C29H31Cl2FN2O.ClH/c1-29(2,3)22-9-6-20(7-10-22)18-34(14-12-19-8-11-25(30)26(31)15-19)28(35)24-17-23(32)16-21-5-4-13-33-27(21)24;/h6-11,15-17,33H,4-5,12-14,18H2,1-3H3;1H. The zero-order valence-corrected chi connectivity index (χ0v) is 23.2. The fourth-order valence-corrected chi connectivity index (χ4v) is 4.76. The summed E-state index contributed by atoms with van der Waals surface area (Å²) in [4.78, 5) is 15.6. The monoisotopic (exact) mass is 548 g/mol. The molecule has 0 fully saturated rings. The molecule has 36 heavy (non-hydrogen) atoms. The zero-order chi connectivity index (χ0) is 25.2. The van der Waals surface area contributed by atoms with Crippen LogP contribution in [0.2, 0.25) is 10.0 Å². The van der Waals surface area contributed by atoms with Crippen molar-refractivity contribution < 1.29 is 9.18 Å². The molecule has 1 N–H and O–H groups in total. The lowest BCUT2D eigenvalue weighted by molar-refractivity contribution is 0.0745. The average molecular weight is 550 g/mol. The van der Waals surface area contributed by atoms with Crippen molar-refractivity contribution in [1.82, 2.24) is 4.90 Å². The Morgan fingerprint density at radius 3 is 2.36 bits per heavy atom. The molecule has 0 aromatic heterocycles. The smallest absolute Gasteiger partial charge is 0.256 e. The number of anilines is 1. The fraction of sp³-hybridized carbons (Fsp3) is 0.345. The Labute approximate surface area is 229 Å². The van der Waals surface area contributed by atoms with Gasteiger partial charge in [-0.3, -0.25) is 4.79 Å². The van der Waals surface area contributed by atoms with Crippen LogP contribution in [0.1, 0.15) is 59.8 Å². The summed E-state index contributed by atoms with van der Waals surface area (Å²) in [5, 5.41) is 4.31. The van der Waals surface area contributed by atoms with Gasteiger partial charge in [0.15, 0.2) is 0 Å². The van der Waals surface area contributed by atoms with E-state index in [1.54, 1.807) is 11.0 Å². The van der Waals surface area contributed by atoms with E-state index in [-0.39, 0.29) is 29.5 Å². The lowest BCUT2D eigenvalue weighted by atomic mass is 9.87. The molecular formula is C29H32Cl3FN2O. The molecular weight excluding hydrogens is 518 g/mol. The number of carbonyl (C=O) groups is 1. The molecule has 0 atom stereocenters. The van der Waals surface area contributed by atoms with E-state index in [4.69, 9.17) is 23.2 Å². The fourth-order valence-electron chi connectivity index (χ4n) is 4.44. The predicted octanol–water partition coefficient (Wildman–Crippen LogP) is 8.10.